The van der Waals surface area contributed by atoms with Crippen LogP contribution < -0.4 is 15.6 Å². The Kier molecular flexibility index (Phi) is 10.6. The molecule has 3 aromatic carbocycles. The van der Waals surface area contributed by atoms with Gasteiger partial charge in [0.15, 0.2) is 0 Å². The molecular weight excluding hydrogens is 519 g/mol. The van der Waals surface area contributed by atoms with Gasteiger partial charge >= 0.3 is 13.8 Å². The molecular formula is C31H44N4PSSi+. The van der Waals surface area contributed by atoms with Gasteiger partial charge in [0.25, 0.3) is 0 Å². The number of thiol groups is 1. The lowest BCUT2D eigenvalue weighted by Crippen LogP contribution is -2.66. The topological polar surface area (TPSA) is 32.9 Å². The van der Waals surface area contributed by atoms with E-state index in [4.69, 9.17) is 21.8 Å². The first kappa shape index (κ1) is 30.4. The molecule has 0 aromatic heterocycles. The highest BCUT2D eigenvalue weighted by molar-refractivity contribution is 8.49. The van der Waals surface area contributed by atoms with Crippen LogP contribution in [0, 0.1) is 0 Å². The number of hydrogen-bond donors (Lipinski definition) is 1. The van der Waals surface area contributed by atoms with Crippen molar-refractivity contribution < 1.29 is 4.79 Å². The van der Waals surface area contributed by atoms with Gasteiger partial charge in [-0.25, -0.2) is 9.34 Å². The molecule has 0 bridgehead atoms. The first-order chi connectivity index (χ1) is 18.1. The highest BCUT2D eigenvalue weighted by Crippen LogP contribution is 2.61. The molecule has 3 rings (SSSR count). The molecule has 38 heavy (non-hydrogen) atoms. The van der Waals surface area contributed by atoms with Crippen molar-refractivity contribution in [1.29, 1.82) is 0 Å². The quantitative estimate of drug-likeness (QED) is 0.0611. The van der Waals surface area contributed by atoms with E-state index in [-0.39, 0.29) is 24.2 Å². The van der Waals surface area contributed by atoms with Gasteiger partial charge in [-0.1, -0.05) is 91.0 Å². The van der Waals surface area contributed by atoms with Crippen molar-refractivity contribution in [1.82, 2.24) is 9.34 Å². The summed E-state index contributed by atoms with van der Waals surface area (Å²) in [4.78, 5) is 4.94. The van der Waals surface area contributed by atoms with Crippen LogP contribution >= 0.6 is 18.6 Å². The standard InChI is InChI=1S/C31H44N4PSSi/c1-25(2)34(26(3)4)36(37,35(27(5)6)28(7)8)24-32-33-38(29-18-12-9-13-19-29,30-20-14-10-15-21-30)31-22-16-11-17-23-31/h9-23,25-28,37H,1-8H3/q+1. The zero-order chi connectivity index (χ0) is 27.9. The molecule has 0 amide bonds. The molecule has 0 saturated carbocycles. The molecule has 0 N–H and O–H groups in total. The third-order valence-electron chi connectivity index (χ3n) is 6.71. The Morgan fingerprint density at radius 2 is 0.895 bits per heavy atom. The second kappa shape index (κ2) is 13.3. The average molecular weight is 564 g/mol. The lowest BCUT2D eigenvalue weighted by molar-refractivity contribution is -0.0589. The van der Waals surface area contributed by atoms with E-state index in [9.17, 15) is 0 Å². The van der Waals surface area contributed by atoms with Gasteiger partial charge < -0.3 is 0 Å². The Labute approximate surface area is 236 Å². The molecule has 4 nitrogen and oxygen atoms in total. The van der Waals surface area contributed by atoms with Crippen LogP contribution in [0.2, 0.25) is 0 Å². The Balaban J connectivity index is 2.51. The molecule has 202 valence electrons. The molecule has 0 heterocycles. The minimum atomic E-state index is -2.86. The molecule has 7 heteroatoms. The second-order valence-electron chi connectivity index (χ2n) is 10.8. The van der Waals surface area contributed by atoms with Crippen molar-refractivity contribution in [2.45, 2.75) is 79.6 Å². The van der Waals surface area contributed by atoms with Crippen LogP contribution in [0.1, 0.15) is 55.4 Å². The van der Waals surface area contributed by atoms with Gasteiger partial charge in [-0.3, -0.25) is 0 Å². The summed E-state index contributed by atoms with van der Waals surface area (Å²) in [6, 6.07) is 33.0. The van der Waals surface area contributed by atoms with E-state index in [0.717, 1.165) is 0 Å². The first-order valence-electron chi connectivity index (χ1n) is 13.6. The van der Waals surface area contributed by atoms with Gasteiger partial charge in [0.2, 0.25) is 6.39 Å². The van der Waals surface area contributed by atoms with Crippen LogP contribution in [-0.4, -0.2) is 52.1 Å². The molecule has 0 unspecified atom stereocenters. The Bertz CT molecular complexity index is 1150. The van der Waals surface area contributed by atoms with E-state index in [1.807, 2.05) is 0 Å². The van der Waals surface area contributed by atoms with Crippen LogP contribution in [0.5, 0.6) is 0 Å². The SMILES string of the molecule is CC(C)N(C(C)C)P(S)(=C=[N+]=N[Si](c1ccccc1)(c1ccccc1)c1ccccc1)N(C(C)C)C(C)C. The van der Waals surface area contributed by atoms with Crippen LogP contribution in [0.15, 0.2) is 95.8 Å². The smallest absolute Gasteiger partial charge is 0.247 e. The molecule has 0 radical (unpaired) electrons. The Morgan fingerprint density at radius 1 is 0.605 bits per heavy atom. The lowest BCUT2D eigenvalue weighted by atomic mass is 10.3. The fourth-order valence-electron chi connectivity index (χ4n) is 5.57. The normalized spacial score (nSPS) is 12.5. The first-order valence-corrected chi connectivity index (χ1v) is 18.4. The zero-order valence-corrected chi connectivity index (χ0v) is 26.9. The van der Waals surface area contributed by atoms with Crippen molar-refractivity contribution in [2.24, 2.45) is 4.78 Å². The third kappa shape index (κ3) is 6.36. The Hall–Kier alpha value is -2.13. The predicted octanol–water partition coefficient (Wildman–Crippen LogP) is 6.15. The van der Waals surface area contributed by atoms with Crippen molar-refractivity contribution in [3.63, 3.8) is 0 Å². The third-order valence-corrected chi connectivity index (χ3v) is 15.6. The van der Waals surface area contributed by atoms with Gasteiger partial charge in [-0.05, 0) is 71.0 Å². The van der Waals surface area contributed by atoms with Crippen molar-refractivity contribution in [2.75, 3.05) is 0 Å². The van der Waals surface area contributed by atoms with E-state index in [2.05, 4.69) is 161 Å². The maximum atomic E-state index is 5.47. The summed E-state index contributed by atoms with van der Waals surface area (Å²) in [5, 5.41) is 3.58. The van der Waals surface area contributed by atoms with Crippen molar-refractivity contribution >= 4 is 48.0 Å². The predicted molar refractivity (Wildman–Crippen MR) is 172 cm³/mol. The average Bonchev–Trinajstić information content (AvgIpc) is 2.87. The highest BCUT2D eigenvalue weighted by atomic mass is 32.7. The van der Waals surface area contributed by atoms with E-state index in [1.54, 1.807) is 0 Å². The number of rotatable bonds is 10. The summed E-state index contributed by atoms with van der Waals surface area (Å²) in [5.74, 6) is 0. The van der Waals surface area contributed by atoms with E-state index >= 15 is 0 Å². The summed E-state index contributed by atoms with van der Waals surface area (Å²) in [6.45, 7) is 17.9. The molecule has 0 atom stereocenters. The zero-order valence-electron chi connectivity index (χ0n) is 24.2. The molecule has 0 spiro atoms. The van der Waals surface area contributed by atoms with E-state index < -0.39 is 14.6 Å². The number of nitrogens with zero attached hydrogens (tertiary/aromatic N) is 4. The molecule has 0 fully saturated rings. The fraction of sp³-hybridized carbons (Fsp3) is 0.387. The minimum Gasteiger partial charge on any atom is -0.247 e. The van der Waals surface area contributed by atoms with Crippen LogP contribution in [0.3, 0.4) is 0 Å². The van der Waals surface area contributed by atoms with Gasteiger partial charge in [0, 0.05) is 28.9 Å². The summed E-state index contributed by atoms with van der Waals surface area (Å²) in [6.07, 6.45) is -2.40. The Morgan fingerprint density at radius 3 is 1.16 bits per heavy atom. The van der Waals surface area contributed by atoms with Gasteiger partial charge in [0.1, 0.15) is 4.79 Å². The number of benzene rings is 3. The van der Waals surface area contributed by atoms with Crippen LogP contribution in [0.25, 0.3) is 0 Å². The molecule has 0 aliphatic rings. The maximum absolute atomic E-state index is 5.47. The van der Waals surface area contributed by atoms with Crippen LogP contribution in [-0.2, 0) is 0 Å². The molecule has 0 saturated heterocycles. The molecule has 3 aromatic rings. The summed E-state index contributed by atoms with van der Waals surface area (Å²) >= 11 is 5.47. The van der Waals surface area contributed by atoms with Gasteiger partial charge in [-0.2, -0.15) is 0 Å². The van der Waals surface area contributed by atoms with Crippen LogP contribution in [0.4, 0.5) is 0 Å². The molecule has 0 aliphatic heterocycles. The molecule has 0 aliphatic carbocycles. The summed E-state index contributed by atoms with van der Waals surface area (Å²) < 4.78 is 10.3. The monoisotopic (exact) mass is 563 g/mol. The maximum Gasteiger partial charge on any atom is 0.383 e. The van der Waals surface area contributed by atoms with E-state index in [0.29, 0.717) is 0 Å². The van der Waals surface area contributed by atoms with Gasteiger partial charge in [-0.15, -0.1) is 12.2 Å². The van der Waals surface area contributed by atoms with Crippen molar-refractivity contribution in [3.05, 3.63) is 91.0 Å². The summed E-state index contributed by atoms with van der Waals surface area (Å²) in [7, 11) is -2.86. The summed E-state index contributed by atoms with van der Waals surface area (Å²) in [5.41, 5.74) is 3.61. The largest absolute Gasteiger partial charge is 0.383 e. The minimum absolute atomic E-state index is 0.280. The highest BCUT2D eigenvalue weighted by Gasteiger charge is 2.47. The second-order valence-corrected chi connectivity index (χ2v) is 18.1. The van der Waals surface area contributed by atoms with Crippen molar-refractivity contribution in [3.8, 4) is 0 Å². The van der Waals surface area contributed by atoms with Gasteiger partial charge in [0.05, 0.1) is 0 Å². The van der Waals surface area contributed by atoms with E-state index in [1.165, 1.54) is 15.6 Å². The fourth-order valence-corrected chi connectivity index (χ4v) is 15.0. The lowest BCUT2D eigenvalue weighted by Gasteiger charge is -2.45. The number of hydrogen-bond acceptors (Lipinski definition) is 4.